The normalized spacial score (nSPS) is 11.1. The first-order valence-electron chi connectivity index (χ1n) is 4.63. The minimum absolute atomic E-state index is 0.00962. The first-order chi connectivity index (χ1) is 7.44. The molecule has 0 radical (unpaired) electrons. The summed E-state index contributed by atoms with van der Waals surface area (Å²) < 4.78 is 25.1. The van der Waals surface area contributed by atoms with Gasteiger partial charge in [-0.15, -0.1) is 0 Å². The monoisotopic (exact) mass is 244 g/mol. The van der Waals surface area contributed by atoms with Gasteiger partial charge in [-0.25, -0.2) is 13.2 Å². The number of carboxylic acids is 1. The number of anilines is 1. The molecule has 16 heavy (non-hydrogen) atoms. The van der Waals surface area contributed by atoms with E-state index in [1.807, 2.05) is 0 Å². The van der Waals surface area contributed by atoms with E-state index in [9.17, 15) is 13.2 Å². The fourth-order valence-corrected chi connectivity index (χ4v) is 2.22. The molecule has 0 aliphatic carbocycles. The molecule has 1 heterocycles. The van der Waals surface area contributed by atoms with Gasteiger partial charge in [0, 0.05) is 6.20 Å². The Hall–Kier alpha value is -1.63. The molecule has 88 valence electrons. The third-order valence-electron chi connectivity index (χ3n) is 1.73. The fourth-order valence-electron chi connectivity index (χ4n) is 1.11. The summed E-state index contributed by atoms with van der Waals surface area (Å²) in [6.07, 6.45) is 2.90. The van der Waals surface area contributed by atoms with Gasteiger partial charge in [-0.1, -0.05) is 6.92 Å². The van der Waals surface area contributed by atoms with Crippen molar-refractivity contribution in [3.8, 4) is 0 Å². The Bertz CT molecular complexity index is 484. The lowest BCUT2D eigenvalue weighted by Crippen LogP contribution is -2.16. The van der Waals surface area contributed by atoms with E-state index in [2.05, 4.69) is 9.71 Å². The number of aromatic nitrogens is 1. The molecule has 0 unspecified atom stereocenters. The minimum Gasteiger partial charge on any atom is -0.478 e. The number of pyridine rings is 1. The Morgan fingerprint density at radius 1 is 1.50 bits per heavy atom. The molecule has 2 N–H and O–H groups in total. The zero-order valence-electron chi connectivity index (χ0n) is 8.67. The molecule has 1 aromatic heterocycles. The van der Waals surface area contributed by atoms with E-state index in [-0.39, 0.29) is 17.0 Å². The highest BCUT2D eigenvalue weighted by molar-refractivity contribution is 7.92. The number of sulfonamides is 1. The van der Waals surface area contributed by atoms with E-state index >= 15 is 0 Å². The number of rotatable bonds is 5. The van der Waals surface area contributed by atoms with Crippen molar-refractivity contribution >= 4 is 21.7 Å². The highest BCUT2D eigenvalue weighted by Gasteiger charge is 2.10. The van der Waals surface area contributed by atoms with Gasteiger partial charge < -0.3 is 5.11 Å². The topological polar surface area (TPSA) is 96.4 Å². The number of hydrogen-bond donors (Lipinski definition) is 2. The van der Waals surface area contributed by atoms with Crippen molar-refractivity contribution in [2.24, 2.45) is 0 Å². The summed E-state index contributed by atoms with van der Waals surface area (Å²) in [5.74, 6) is -1.16. The molecule has 1 rings (SSSR count). The summed E-state index contributed by atoms with van der Waals surface area (Å²) in [4.78, 5) is 14.3. The Morgan fingerprint density at radius 2 is 2.19 bits per heavy atom. The molecule has 0 spiro atoms. The summed E-state index contributed by atoms with van der Waals surface area (Å²) in [5, 5.41) is 8.69. The van der Waals surface area contributed by atoms with Gasteiger partial charge in [-0.05, 0) is 12.5 Å². The highest BCUT2D eigenvalue weighted by atomic mass is 32.2. The van der Waals surface area contributed by atoms with E-state index in [1.165, 1.54) is 12.3 Å². The number of hydrogen-bond acceptors (Lipinski definition) is 4. The van der Waals surface area contributed by atoms with Gasteiger partial charge in [0.25, 0.3) is 0 Å². The van der Waals surface area contributed by atoms with Crippen LogP contribution in [0.2, 0.25) is 0 Å². The van der Waals surface area contributed by atoms with Crippen LogP contribution >= 0.6 is 0 Å². The van der Waals surface area contributed by atoms with Crippen molar-refractivity contribution in [1.29, 1.82) is 0 Å². The van der Waals surface area contributed by atoms with Gasteiger partial charge in [0.15, 0.2) is 0 Å². The number of nitrogens with zero attached hydrogens (tertiary/aromatic N) is 1. The molecule has 1 aromatic rings. The van der Waals surface area contributed by atoms with Crippen LogP contribution in [0.3, 0.4) is 0 Å². The predicted octanol–water partition coefficient (Wildman–Crippen LogP) is 0.932. The molecule has 0 saturated carbocycles. The molecule has 0 aliphatic rings. The van der Waals surface area contributed by atoms with Gasteiger partial charge in [-0.2, -0.15) is 0 Å². The maximum absolute atomic E-state index is 11.4. The molecule has 0 atom stereocenters. The summed E-state index contributed by atoms with van der Waals surface area (Å²) in [5.41, 5.74) is 0.102. The van der Waals surface area contributed by atoms with Crippen LogP contribution in [-0.4, -0.2) is 30.2 Å². The van der Waals surface area contributed by atoms with Crippen molar-refractivity contribution in [1.82, 2.24) is 4.98 Å². The Balaban J connectivity index is 2.90. The molecule has 6 nitrogen and oxygen atoms in total. The SMILES string of the molecule is CCCS(=O)(=O)Nc1cncc(C(=O)O)c1. The molecular formula is C9H12N2O4S. The zero-order chi connectivity index (χ0) is 12.2. The molecule has 0 bridgehead atoms. The Kier molecular flexibility index (Phi) is 3.83. The molecule has 7 heteroatoms. The van der Waals surface area contributed by atoms with E-state index in [1.54, 1.807) is 6.92 Å². The molecule has 0 aliphatic heterocycles. The van der Waals surface area contributed by atoms with E-state index < -0.39 is 16.0 Å². The predicted molar refractivity (Wildman–Crippen MR) is 58.9 cm³/mol. The van der Waals surface area contributed by atoms with Gasteiger partial charge in [-0.3, -0.25) is 9.71 Å². The lowest BCUT2D eigenvalue weighted by Gasteiger charge is -2.06. The first kappa shape index (κ1) is 12.4. The molecule has 0 fully saturated rings. The average molecular weight is 244 g/mol. The average Bonchev–Trinajstić information content (AvgIpc) is 2.17. The van der Waals surface area contributed by atoms with Gasteiger partial charge in [0.2, 0.25) is 10.0 Å². The third kappa shape index (κ3) is 3.50. The smallest absolute Gasteiger partial charge is 0.337 e. The Labute approximate surface area is 93.4 Å². The van der Waals surface area contributed by atoms with Crippen molar-refractivity contribution < 1.29 is 18.3 Å². The molecular weight excluding hydrogens is 232 g/mol. The molecule has 0 aromatic carbocycles. The second-order valence-corrected chi connectivity index (χ2v) is 5.03. The summed E-state index contributed by atoms with van der Waals surface area (Å²) in [6, 6.07) is 1.22. The summed E-state index contributed by atoms with van der Waals surface area (Å²) in [6.45, 7) is 1.74. The highest BCUT2D eigenvalue weighted by Crippen LogP contribution is 2.10. The van der Waals surface area contributed by atoms with Gasteiger partial charge >= 0.3 is 5.97 Å². The quantitative estimate of drug-likeness (QED) is 0.803. The number of carbonyl (C=O) groups is 1. The van der Waals surface area contributed by atoms with Crippen molar-refractivity contribution in [3.63, 3.8) is 0 Å². The second kappa shape index (κ2) is 4.93. The van der Waals surface area contributed by atoms with Crippen LogP contribution in [0, 0.1) is 0 Å². The second-order valence-electron chi connectivity index (χ2n) is 3.19. The summed E-state index contributed by atoms with van der Waals surface area (Å²) in [7, 11) is -3.41. The van der Waals surface area contributed by atoms with E-state index in [4.69, 9.17) is 5.11 Å². The van der Waals surface area contributed by atoms with Crippen LogP contribution in [0.5, 0.6) is 0 Å². The van der Waals surface area contributed by atoms with E-state index in [0.717, 1.165) is 6.20 Å². The van der Waals surface area contributed by atoms with Crippen LogP contribution in [0.15, 0.2) is 18.5 Å². The van der Waals surface area contributed by atoms with Gasteiger partial charge in [0.05, 0.1) is 23.2 Å². The standard InChI is InChI=1S/C9H12N2O4S/c1-2-3-16(14,15)11-8-4-7(9(12)13)5-10-6-8/h4-6,11H,2-3H2,1H3,(H,12,13). The van der Waals surface area contributed by atoms with Crippen LogP contribution in [0.25, 0.3) is 0 Å². The Morgan fingerprint density at radius 3 is 2.75 bits per heavy atom. The number of aromatic carboxylic acids is 1. The maximum Gasteiger partial charge on any atom is 0.337 e. The zero-order valence-corrected chi connectivity index (χ0v) is 9.49. The van der Waals surface area contributed by atoms with Crippen molar-refractivity contribution in [2.75, 3.05) is 10.5 Å². The van der Waals surface area contributed by atoms with Gasteiger partial charge in [0.1, 0.15) is 0 Å². The van der Waals surface area contributed by atoms with Crippen LogP contribution in [-0.2, 0) is 10.0 Å². The lowest BCUT2D eigenvalue weighted by molar-refractivity contribution is 0.0696. The fraction of sp³-hybridized carbons (Fsp3) is 0.333. The largest absolute Gasteiger partial charge is 0.478 e. The van der Waals surface area contributed by atoms with Crippen LogP contribution in [0.1, 0.15) is 23.7 Å². The van der Waals surface area contributed by atoms with Crippen molar-refractivity contribution in [3.05, 3.63) is 24.0 Å². The molecule has 0 amide bonds. The lowest BCUT2D eigenvalue weighted by atomic mass is 10.3. The molecule has 0 saturated heterocycles. The number of nitrogens with one attached hydrogen (secondary N) is 1. The van der Waals surface area contributed by atoms with Crippen molar-refractivity contribution in [2.45, 2.75) is 13.3 Å². The van der Waals surface area contributed by atoms with Crippen LogP contribution in [0.4, 0.5) is 5.69 Å². The minimum atomic E-state index is -3.41. The maximum atomic E-state index is 11.4. The van der Waals surface area contributed by atoms with Crippen LogP contribution < -0.4 is 4.72 Å². The first-order valence-corrected chi connectivity index (χ1v) is 6.28. The third-order valence-corrected chi connectivity index (χ3v) is 3.22. The number of carboxylic acid groups (broad SMARTS) is 1. The summed E-state index contributed by atoms with van der Waals surface area (Å²) >= 11 is 0. The van der Waals surface area contributed by atoms with E-state index in [0.29, 0.717) is 6.42 Å².